The number of benzene rings is 1. The van der Waals surface area contributed by atoms with E-state index in [1.165, 1.54) is 12.0 Å². The molecule has 2 saturated heterocycles. The molecule has 2 aliphatic heterocycles. The lowest BCUT2D eigenvalue weighted by atomic mass is 9.80. The summed E-state index contributed by atoms with van der Waals surface area (Å²) >= 11 is 0. The molecule has 0 spiro atoms. The van der Waals surface area contributed by atoms with E-state index in [0.717, 1.165) is 5.56 Å². The smallest absolute Gasteiger partial charge is 0.368 e. The maximum absolute atomic E-state index is 13.0. The maximum Gasteiger partial charge on any atom is 0.368 e. The number of esters is 1. The van der Waals surface area contributed by atoms with E-state index >= 15 is 0 Å². The lowest BCUT2D eigenvalue weighted by Gasteiger charge is -2.26. The Morgan fingerprint density at radius 1 is 1.14 bits per heavy atom. The van der Waals surface area contributed by atoms with Crippen LogP contribution in [0.2, 0.25) is 0 Å². The van der Waals surface area contributed by atoms with E-state index in [0.29, 0.717) is 11.5 Å². The Morgan fingerprint density at radius 3 is 2.39 bits per heavy atom. The number of methoxy groups -OCH3 is 2. The van der Waals surface area contributed by atoms with Gasteiger partial charge in [0.2, 0.25) is 17.4 Å². The summed E-state index contributed by atoms with van der Waals surface area (Å²) in [6, 6.07) is 4.98. The van der Waals surface area contributed by atoms with E-state index in [1.807, 2.05) is 6.07 Å². The average molecular weight is 391 g/mol. The molecular formula is C20H27N2O6+. The third-order valence-electron chi connectivity index (χ3n) is 5.83. The molecule has 0 bridgehead atoms. The third kappa shape index (κ3) is 2.83. The Morgan fingerprint density at radius 2 is 1.82 bits per heavy atom. The quantitative estimate of drug-likeness (QED) is 0.552. The van der Waals surface area contributed by atoms with E-state index in [9.17, 15) is 14.4 Å². The van der Waals surface area contributed by atoms with Crippen molar-refractivity contribution in [1.29, 1.82) is 0 Å². The molecule has 2 heterocycles. The zero-order valence-electron chi connectivity index (χ0n) is 16.9. The van der Waals surface area contributed by atoms with Gasteiger partial charge >= 0.3 is 5.97 Å². The van der Waals surface area contributed by atoms with Crippen LogP contribution in [0.25, 0.3) is 0 Å². The van der Waals surface area contributed by atoms with E-state index < -0.39 is 29.4 Å². The third-order valence-corrected chi connectivity index (χ3v) is 5.83. The highest BCUT2D eigenvalue weighted by Gasteiger charge is 2.70. The van der Waals surface area contributed by atoms with Crippen molar-refractivity contribution in [2.45, 2.75) is 32.4 Å². The summed E-state index contributed by atoms with van der Waals surface area (Å²) in [4.78, 5) is 40.0. The fraction of sp³-hybridized carbons (Fsp3) is 0.550. The number of rotatable bonds is 6. The fourth-order valence-electron chi connectivity index (χ4n) is 4.48. The minimum atomic E-state index is -1.17. The molecule has 8 heteroatoms. The van der Waals surface area contributed by atoms with Crippen LogP contribution in [0.1, 0.15) is 32.4 Å². The highest BCUT2D eigenvalue weighted by molar-refractivity contribution is 6.08. The van der Waals surface area contributed by atoms with Crippen LogP contribution >= 0.6 is 0 Å². The number of ether oxygens (including phenoxy) is 3. The Balaban J connectivity index is 2.09. The largest absolute Gasteiger partial charge is 0.493 e. The Hall–Kier alpha value is -2.61. The van der Waals surface area contributed by atoms with Gasteiger partial charge in [-0.15, -0.1) is 0 Å². The first-order valence-electron chi connectivity index (χ1n) is 9.44. The highest BCUT2D eigenvalue weighted by Crippen LogP contribution is 2.45. The summed E-state index contributed by atoms with van der Waals surface area (Å²) in [5.74, 6) is -1.35. The highest BCUT2D eigenvalue weighted by atomic mass is 16.5. The van der Waals surface area contributed by atoms with Gasteiger partial charge in [-0.05, 0) is 32.0 Å². The van der Waals surface area contributed by atoms with Gasteiger partial charge in [-0.25, -0.2) is 4.79 Å². The molecule has 8 nitrogen and oxygen atoms in total. The van der Waals surface area contributed by atoms with Crippen molar-refractivity contribution in [1.82, 2.24) is 4.90 Å². The number of imide groups is 1. The van der Waals surface area contributed by atoms with Crippen LogP contribution in [-0.2, 0) is 19.1 Å². The standard InChI is InChI=1S/C20H26N2O6/c1-6-22-17(23)14-15(18(22)24)20(3,19(25)28-7-2)21-16(14)11-8-9-12(26-4)13(10-11)27-5/h8-10,14-16,21H,6-7H2,1-5H3/p+1/t14-,15+,16-,20-/m1/s1. The van der Waals surface area contributed by atoms with Gasteiger partial charge in [-0.3, -0.25) is 14.5 Å². The van der Waals surface area contributed by atoms with Crippen molar-refractivity contribution in [3.05, 3.63) is 23.8 Å². The lowest BCUT2D eigenvalue weighted by Crippen LogP contribution is -2.97. The van der Waals surface area contributed by atoms with Crippen LogP contribution in [-0.4, -0.2) is 55.6 Å². The van der Waals surface area contributed by atoms with Crippen LogP contribution in [0.3, 0.4) is 0 Å². The number of nitrogens with zero attached hydrogens (tertiary/aromatic N) is 1. The minimum Gasteiger partial charge on any atom is -0.493 e. The second-order valence-corrected chi connectivity index (χ2v) is 7.23. The van der Waals surface area contributed by atoms with Crippen LogP contribution in [0.15, 0.2) is 18.2 Å². The Kier molecular flexibility index (Phi) is 5.34. The SMILES string of the molecule is CCOC(=O)[C@]1(C)[NH2+][C@H](c2ccc(OC)c(OC)c2)[C@@H]2C(=O)N(CC)C(=O)[C@H]21. The predicted octanol–water partition coefficient (Wildman–Crippen LogP) is 0.265. The first kappa shape index (κ1) is 20.1. The maximum atomic E-state index is 13.0. The Labute approximate surface area is 164 Å². The molecule has 2 fully saturated rings. The van der Waals surface area contributed by atoms with Gasteiger partial charge in [0.25, 0.3) is 0 Å². The topological polar surface area (TPSA) is 98.8 Å². The Bertz CT molecular complexity index is 810. The molecule has 2 N–H and O–H groups in total. The zero-order valence-corrected chi connectivity index (χ0v) is 16.9. The van der Waals surface area contributed by atoms with Gasteiger partial charge in [-0.1, -0.05) is 0 Å². The van der Waals surface area contributed by atoms with Gasteiger partial charge in [0, 0.05) is 19.0 Å². The molecule has 0 unspecified atom stereocenters. The molecule has 28 heavy (non-hydrogen) atoms. The second kappa shape index (κ2) is 7.43. The molecule has 1 aromatic carbocycles. The monoisotopic (exact) mass is 391 g/mol. The first-order chi connectivity index (χ1) is 13.3. The molecule has 3 rings (SSSR count). The minimum absolute atomic E-state index is 0.209. The van der Waals surface area contributed by atoms with Crippen molar-refractivity contribution >= 4 is 17.8 Å². The van der Waals surface area contributed by atoms with E-state index in [-0.39, 0.29) is 25.0 Å². The van der Waals surface area contributed by atoms with E-state index in [4.69, 9.17) is 14.2 Å². The summed E-state index contributed by atoms with van der Waals surface area (Å²) in [6.45, 7) is 5.66. The van der Waals surface area contributed by atoms with Crippen LogP contribution < -0.4 is 14.8 Å². The number of fused-ring (bicyclic) bond motifs is 1. The van der Waals surface area contributed by atoms with Crippen LogP contribution in [0.4, 0.5) is 0 Å². The fourth-order valence-corrected chi connectivity index (χ4v) is 4.48. The van der Waals surface area contributed by atoms with Gasteiger partial charge in [0.15, 0.2) is 11.5 Å². The summed E-state index contributed by atoms with van der Waals surface area (Å²) < 4.78 is 15.9. The van der Waals surface area contributed by atoms with Crippen molar-refractivity contribution in [3.63, 3.8) is 0 Å². The number of hydrogen-bond acceptors (Lipinski definition) is 6. The first-order valence-corrected chi connectivity index (χ1v) is 9.44. The summed E-state index contributed by atoms with van der Waals surface area (Å²) in [6.07, 6.45) is 0. The van der Waals surface area contributed by atoms with E-state index in [2.05, 4.69) is 0 Å². The summed E-state index contributed by atoms with van der Waals surface area (Å²) in [5.41, 5.74) is -0.380. The number of amides is 2. The van der Waals surface area contributed by atoms with Crippen LogP contribution in [0.5, 0.6) is 11.5 Å². The number of hydrogen-bond donors (Lipinski definition) is 1. The molecule has 4 atom stereocenters. The normalized spacial score (nSPS) is 29.0. The second-order valence-electron chi connectivity index (χ2n) is 7.23. The molecule has 1 aromatic rings. The molecular weight excluding hydrogens is 364 g/mol. The molecule has 0 aromatic heterocycles. The average Bonchev–Trinajstić information content (AvgIpc) is 3.15. The number of quaternary nitrogens is 1. The molecule has 2 aliphatic rings. The van der Waals surface area contributed by atoms with Crippen molar-refractivity contribution in [2.24, 2.45) is 11.8 Å². The molecule has 152 valence electrons. The van der Waals surface area contributed by atoms with E-state index in [1.54, 1.807) is 45.3 Å². The van der Waals surface area contributed by atoms with Gasteiger partial charge in [-0.2, -0.15) is 0 Å². The molecule has 2 amide bonds. The van der Waals surface area contributed by atoms with Crippen molar-refractivity contribution < 1.29 is 33.9 Å². The predicted molar refractivity (Wildman–Crippen MR) is 98.6 cm³/mol. The molecule has 0 saturated carbocycles. The molecule has 0 radical (unpaired) electrons. The lowest BCUT2D eigenvalue weighted by molar-refractivity contribution is -0.731. The molecule has 0 aliphatic carbocycles. The van der Waals surface area contributed by atoms with Gasteiger partial charge in [0.1, 0.15) is 17.9 Å². The summed E-state index contributed by atoms with van der Waals surface area (Å²) in [7, 11) is 3.08. The van der Waals surface area contributed by atoms with Gasteiger partial charge in [0.05, 0.1) is 20.8 Å². The van der Waals surface area contributed by atoms with Crippen molar-refractivity contribution in [3.8, 4) is 11.5 Å². The number of nitrogens with two attached hydrogens (primary N) is 1. The summed E-state index contributed by atoms with van der Waals surface area (Å²) in [5, 5.41) is 1.80. The van der Waals surface area contributed by atoms with Gasteiger partial charge < -0.3 is 19.5 Å². The number of likely N-dealkylation sites (tertiary alicyclic amines) is 1. The zero-order chi connectivity index (χ0) is 20.6. The number of carbonyl (C=O) groups excluding carboxylic acids is 3. The van der Waals surface area contributed by atoms with Crippen molar-refractivity contribution in [2.75, 3.05) is 27.4 Å². The van der Waals surface area contributed by atoms with Crippen LogP contribution in [0, 0.1) is 11.8 Å². The number of carbonyl (C=O) groups is 3.